The molecule has 0 saturated carbocycles. The molecule has 0 aliphatic carbocycles. The second-order valence-electron chi connectivity index (χ2n) is 5.90. The molecule has 1 heterocycles. The third-order valence-electron chi connectivity index (χ3n) is 3.00. The Balaban J connectivity index is 1.95. The van der Waals surface area contributed by atoms with Crippen molar-refractivity contribution in [3.63, 3.8) is 0 Å². The highest BCUT2D eigenvalue weighted by atomic mass is 16.5. The quantitative estimate of drug-likeness (QED) is 0.727. The summed E-state index contributed by atoms with van der Waals surface area (Å²) in [7, 11) is 2.18. The molecule has 1 saturated heterocycles. The van der Waals surface area contributed by atoms with Gasteiger partial charge in [-0.1, -0.05) is 0 Å². The number of nitrogens with one attached hydrogen (secondary N) is 1. The van der Waals surface area contributed by atoms with Gasteiger partial charge in [-0.25, -0.2) is 0 Å². The topological polar surface area (TPSA) is 24.5 Å². The molecule has 0 atom stereocenters. The summed E-state index contributed by atoms with van der Waals surface area (Å²) in [6.45, 7) is 10.9. The standard InChI is InChI=1S/C13H28N2O/c1-13(2,3)14-8-5-11-16-12-6-9-15(4)10-7-12/h12,14H,5-11H2,1-4H3. The summed E-state index contributed by atoms with van der Waals surface area (Å²) in [6.07, 6.45) is 4.02. The Morgan fingerprint density at radius 1 is 1.25 bits per heavy atom. The van der Waals surface area contributed by atoms with E-state index in [9.17, 15) is 0 Å². The molecule has 0 aromatic heterocycles. The number of hydrogen-bond acceptors (Lipinski definition) is 3. The summed E-state index contributed by atoms with van der Waals surface area (Å²) in [5.41, 5.74) is 0.230. The van der Waals surface area contributed by atoms with Gasteiger partial charge in [0.2, 0.25) is 0 Å². The second kappa shape index (κ2) is 6.58. The maximum atomic E-state index is 5.88. The van der Waals surface area contributed by atoms with Crippen molar-refractivity contribution in [2.75, 3.05) is 33.3 Å². The van der Waals surface area contributed by atoms with Gasteiger partial charge in [-0.15, -0.1) is 0 Å². The number of rotatable bonds is 5. The molecule has 0 amide bonds. The van der Waals surface area contributed by atoms with Gasteiger partial charge in [0.1, 0.15) is 0 Å². The SMILES string of the molecule is CN1CCC(OCCCNC(C)(C)C)CC1. The van der Waals surface area contributed by atoms with Crippen molar-refractivity contribution in [3.05, 3.63) is 0 Å². The summed E-state index contributed by atoms with van der Waals surface area (Å²) in [5.74, 6) is 0. The monoisotopic (exact) mass is 228 g/mol. The van der Waals surface area contributed by atoms with Crippen LogP contribution in [0.5, 0.6) is 0 Å². The van der Waals surface area contributed by atoms with Crippen LogP contribution in [0.25, 0.3) is 0 Å². The summed E-state index contributed by atoms with van der Waals surface area (Å²) in [4.78, 5) is 2.38. The Morgan fingerprint density at radius 2 is 1.88 bits per heavy atom. The molecule has 0 aromatic rings. The van der Waals surface area contributed by atoms with Gasteiger partial charge in [-0.2, -0.15) is 0 Å². The Morgan fingerprint density at radius 3 is 2.44 bits per heavy atom. The largest absolute Gasteiger partial charge is 0.378 e. The first kappa shape index (κ1) is 13.9. The molecule has 1 fully saturated rings. The van der Waals surface area contributed by atoms with Gasteiger partial charge in [-0.05, 0) is 53.6 Å². The fourth-order valence-corrected chi connectivity index (χ4v) is 1.94. The van der Waals surface area contributed by atoms with Crippen LogP contribution in [-0.2, 0) is 4.74 Å². The molecule has 3 nitrogen and oxygen atoms in total. The molecule has 1 aliphatic rings. The third kappa shape index (κ3) is 6.46. The van der Waals surface area contributed by atoms with E-state index in [1.807, 2.05) is 0 Å². The number of hydrogen-bond donors (Lipinski definition) is 1. The van der Waals surface area contributed by atoms with Gasteiger partial charge in [0.15, 0.2) is 0 Å². The van der Waals surface area contributed by atoms with Crippen molar-refractivity contribution in [1.82, 2.24) is 10.2 Å². The minimum absolute atomic E-state index is 0.230. The average Bonchev–Trinajstić information content (AvgIpc) is 2.19. The molecule has 96 valence electrons. The first-order valence-corrected chi connectivity index (χ1v) is 6.52. The van der Waals surface area contributed by atoms with Crippen LogP contribution in [-0.4, -0.2) is 49.8 Å². The highest BCUT2D eigenvalue weighted by Crippen LogP contribution is 2.12. The molecule has 0 unspecified atom stereocenters. The fraction of sp³-hybridized carbons (Fsp3) is 1.00. The first-order valence-electron chi connectivity index (χ1n) is 6.52. The van der Waals surface area contributed by atoms with Gasteiger partial charge < -0.3 is 15.0 Å². The molecule has 3 heteroatoms. The van der Waals surface area contributed by atoms with Gasteiger partial charge >= 0.3 is 0 Å². The number of piperidine rings is 1. The normalized spacial score (nSPS) is 20.2. The predicted octanol–water partition coefficient (Wildman–Crippen LogP) is 1.88. The third-order valence-corrected chi connectivity index (χ3v) is 3.00. The smallest absolute Gasteiger partial charge is 0.0599 e. The van der Waals surface area contributed by atoms with Crippen LogP contribution in [0.1, 0.15) is 40.0 Å². The van der Waals surface area contributed by atoms with E-state index in [0.717, 1.165) is 19.6 Å². The lowest BCUT2D eigenvalue weighted by molar-refractivity contribution is 0.0112. The summed E-state index contributed by atoms with van der Waals surface area (Å²) < 4.78 is 5.88. The van der Waals surface area contributed by atoms with E-state index in [1.165, 1.54) is 25.9 Å². The van der Waals surface area contributed by atoms with Crippen LogP contribution in [0.3, 0.4) is 0 Å². The van der Waals surface area contributed by atoms with Crippen molar-refractivity contribution in [2.24, 2.45) is 0 Å². The fourth-order valence-electron chi connectivity index (χ4n) is 1.94. The van der Waals surface area contributed by atoms with Crippen LogP contribution in [0.2, 0.25) is 0 Å². The minimum atomic E-state index is 0.230. The lowest BCUT2D eigenvalue weighted by Gasteiger charge is -2.29. The van der Waals surface area contributed by atoms with Crippen LogP contribution < -0.4 is 5.32 Å². The van der Waals surface area contributed by atoms with E-state index in [2.05, 4.69) is 38.0 Å². The van der Waals surface area contributed by atoms with Crippen LogP contribution in [0.4, 0.5) is 0 Å². The lowest BCUT2D eigenvalue weighted by Crippen LogP contribution is -2.37. The van der Waals surface area contributed by atoms with Crippen LogP contribution in [0, 0.1) is 0 Å². The summed E-state index contributed by atoms with van der Waals surface area (Å²) >= 11 is 0. The molecular weight excluding hydrogens is 200 g/mol. The van der Waals surface area contributed by atoms with E-state index in [1.54, 1.807) is 0 Å². The Labute approximate surface area is 101 Å². The molecule has 1 rings (SSSR count). The van der Waals surface area contributed by atoms with Crippen molar-refractivity contribution in [1.29, 1.82) is 0 Å². The number of nitrogens with zero attached hydrogens (tertiary/aromatic N) is 1. The summed E-state index contributed by atoms with van der Waals surface area (Å²) in [5, 5.41) is 3.48. The van der Waals surface area contributed by atoms with Crippen molar-refractivity contribution >= 4 is 0 Å². The van der Waals surface area contributed by atoms with E-state index in [-0.39, 0.29) is 5.54 Å². The second-order valence-corrected chi connectivity index (χ2v) is 5.90. The molecule has 1 aliphatic heterocycles. The van der Waals surface area contributed by atoms with E-state index in [0.29, 0.717) is 6.10 Å². The molecule has 0 aromatic carbocycles. The van der Waals surface area contributed by atoms with E-state index in [4.69, 9.17) is 4.74 Å². The zero-order chi connectivity index (χ0) is 12.0. The van der Waals surface area contributed by atoms with E-state index < -0.39 is 0 Å². The lowest BCUT2D eigenvalue weighted by atomic mass is 10.1. The van der Waals surface area contributed by atoms with E-state index >= 15 is 0 Å². The first-order chi connectivity index (χ1) is 7.47. The van der Waals surface area contributed by atoms with Gasteiger partial charge in [0.05, 0.1) is 6.10 Å². The van der Waals surface area contributed by atoms with Crippen LogP contribution >= 0.6 is 0 Å². The maximum Gasteiger partial charge on any atom is 0.0599 e. The molecule has 0 bridgehead atoms. The molecule has 16 heavy (non-hydrogen) atoms. The van der Waals surface area contributed by atoms with Gasteiger partial charge in [-0.3, -0.25) is 0 Å². The van der Waals surface area contributed by atoms with Gasteiger partial charge in [0, 0.05) is 25.2 Å². The summed E-state index contributed by atoms with van der Waals surface area (Å²) in [6, 6.07) is 0. The zero-order valence-corrected chi connectivity index (χ0v) is 11.4. The van der Waals surface area contributed by atoms with Crippen LogP contribution in [0.15, 0.2) is 0 Å². The highest BCUT2D eigenvalue weighted by molar-refractivity contribution is 4.71. The molecule has 1 N–H and O–H groups in total. The van der Waals surface area contributed by atoms with Crippen molar-refractivity contribution in [3.8, 4) is 0 Å². The average molecular weight is 228 g/mol. The van der Waals surface area contributed by atoms with Crippen molar-refractivity contribution < 1.29 is 4.74 Å². The van der Waals surface area contributed by atoms with Gasteiger partial charge in [0.25, 0.3) is 0 Å². The molecule has 0 radical (unpaired) electrons. The van der Waals surface area contributed by atoms with Crippen molar-refractivity contribution in [2.45, 2.75) is 51.7 Å². The Kier molecular flexibility index (Phi) is 5.73. The Hall–Kier alpha value is -0.120. The predicted molar refractivity (Wildman–Crippen MR) is 68.8 cm³/mol. The number of ether oxygens (including phenoxy) is 1. The molecular formula is C13H28N2O. The zero-order valence-electron chi connectivity index (χ0n) is 11.4. The number of likely N-dealkylation sites (tertiary alicyclic amines) is 1. The molecule has 0 spiro atoms. The minimum Gasteiger partial charge on any atom is -0.378 e. The Bertz CT molecular complexity index is 181. The maximum absolute atomic E-state index is 5.88. The highest BCUT2D eigenvalue weighted by Gasteiger charge is 2.16.